The fourth-order valence-corrected chi connectivity index (χ4v) is 2.38. The van der Waals surface area contributed by atoms with Crippen LogP contribution in [0.5, 0.6) is 0 Å². The molecule has 1 heterocycles. The Labute approximate surface area is 119 Å². The average Bonchev–Trinajstić information content (AvgIpc) is 2.76. The van der Waals surface area contributed by atoms with E-state index >= 15 is 0 Å². The number of carbonyl (C=O) groups is 1. The Hall–Kier alpha value is -1.68. The maximum atomic E-state index is 12.5. The van der Waals surface area contributed by atoms with Crippen LogP contribution >= 0.6 is 0 Å². The average molecular weight is 274 g/mol. The number of Topliss-reactive ketones (excluding diaryl/α,β-unsaturated/α-hetero) is 1. The lowest BCUT2D eigenvalue weighted by Crippen LogP contribution is -2.39. The topological polar surface area (TPSA) is 44.1 Å². The number of ketones is 1. The number of para-hydroxylation sites is 2. The van der Waals surface area contributed by atoms with E-state index in [1.165, 1.54) is 0 Å². The summed E-state index contributed by atoms with van der Waals surface area (Å²) in [5, 5.41) is 0. The third kappa shape index (κ3) is 2.61. The fourth-order valence-electron chi connectivity index (χ4n) is 2.38. The summed E-state index contributed by atoms with van der Waals surface area (Å²) in [5.74, 6) is 0.871. The number of carbonyl (C=O) groups excluding carboxylic acids is 1. The lowest BCUT2D eigenvalue weighted by molar-refractivity contribution is -0.141. The van der Waals surface area contributed by atoms with E-state index in [0.717, 1.165) is 16.9 Å². The van der Waals surface area contributed by atoms with Crippen LogP contribution in [0.4, 0.5) is 0 Å². The first-order chi connectivity index (χ1) is 9.51. The summed E-state index contributed by atoms with van der Waals surface area (Å²) in [6.07, 6.45) is 0.971. The second-order valence-electron chi connectivity index (χ2n) is 5.19. The van der Waals surface area contributed by atoms with Crippen LogP contribution in [0.3, 0.4) is 0 Å². The minimum atomic E-state index is -0.715. The van der Waals surface area contributed by atoms with Crippen LogP contribution in [-0.4, -0.2) is 27.5 Å². The maximum Gasteiger partial charge on any atom is 0.171 e. The molecule has 0 spiro atoms. The molecule has 2 rings (SSSR count). The number of ether oxygens (including phenoxy) is 1. The van der Waals surface area contributed by atoms with Gasteiger partial charge in [-0.15, -0.1) is 0 Å². The molecule has 20 heavy (non-hydrogen) atoms. The van der Waals surface area contributed by atoms with Gasteiger partial charge in [0, 0.05) is 13.7 Å². The zero-order valence-electron chi connectivity index (χ0n) is 12.6. The lowest BCUT2D eigenvalue weighted by Gasteiger charge is -2.26. The normalized spacial score (nSPS) is 14.4. The minimum absolute atomic E-state index is 0.0836. The van der Waals surface area contributed by atoms with Gasteiger partial charge in [0.1, 0.15) is 11.4 Å². The molecule has 2 aromatic rings. The van der Waals surface area contributed by atoms with E-state index in [2.05, 4.69) is 4.98 Å². The number of aromatic nitrogens is 2. The molecule has 0 N–H and O–H groups in total. The predicted molar refractivity (Wildman–Crippen MR) is 79.7 cm³/mol. The van der Waals surface area contributed by atoms with Gasteiger partial charge in [-0.1, -0.05) is 19.1 Å². The van der Waals surface area contributed by atoms with E-state index in [1.807, 2.05) is 56.7 Å². The van der Waals surface area contributed by atoms with Crippen molar-refractivity contribution in [2.45, 2.75) is 39.2 Å². The molecule has 0 aliphatic carbocycles. The molecule has 0 saturated heterocycles. The minimum Gasteiger partial charge on any atom is -0.368 e. The van der Waals surface area contributed by atoms with Gasteiger partial charge in [-0.2, -0.15) is 0 Å². The van der Waals surface area contributed by atoms with Crippen molar-refractivity contribution < 1.29 is 9.53 Å². The Bertz CT molecular complexity index is 618. The molecular weight excluding hydrogens is 252 g/mol. The molecule has 4 nitrogen and oxygen atoms in total. The summed E-state index contributed by atoms with van der Waals surface area (Å²) >= 11 is 0. The first-order valence-corrected chi connectivity index (χ1v) is 7.09. The number of hydrogen-bond acceptors (Lipinski definition) is 3. The third-order valence-electron chi connectivity index (χ3n) is 3.93. The van der Waals surface area contributed by atoms with E-state index in [1.54, 1.807) is 0 Å². The van der Waals surface area contributed by atoms with Gasteiger partial charge < -0.3 is 9.30 Å². The van der Waals surface area contributed by atoms with Gasteiger partial charge in [-0.05, 0) is 32.4 Å². The molecule has 0 radical (unpaired) electrons. The zero-order valence-corrected chi connectivity index (χ0v) is 12.6. The molecule has 108 valence electrons. The molecular formula is C16H22N2O2. The highest BCUT2D eigenvalue weighted by molar-refractivity contribution is 5.89. The van der Waals surface area contributed by atoms with Crippen LogP contribution in [0.25, 0.3) is 11.0 Å². The molecule has 0 aliphatic heterocycles. The summed E-state index contributed by atoms with van der Waals surface area (Å²) in [6.45, 7) is 6.29. The second-order valence-corrected chi connectivity index (χ2v) is 5.19. The van der Waals surface area contributed by atoms with Gasteiger partial charge >= 0.3 is 0 Å². The summed E-state index contributed by atoms with van der Waals surface area (Å²) in [7, 11) is 1.95. The number of imidazole rings is 1. The van der Waals surface area contributed by atoms with Crippen molar-refractivity contribution in [3.8, 4) is 0 Å². The Morgan fingerprint density at radius 2 is 2.05 bits per heavy atom. The molecule has 1 unspecified atom stereocenters. The van der Waals surface area contributed by atoms with Crippen molar-refractivity contribution in [2.24, 2.45) is 7.05 Å². The van der Waals surface area contributed by atoms with Crippen molar-refractivity contribution in [1.82, 2.24) is 9.55 Å². The Morgan fingerprint density at radius 3 is 2.65 bits per heavy atom. The first kappa shape index (κ1) is 14.7. The highest BCUT2D eigenvalue weighted by atomic mass is 16.5. The van der Waals surface area contributed by atoms with Gasteiger partial charge in [-0.25, -0.2) is 4.98 Å². The van der Waals surface area contributed by atoms with Crippen molar-refractivity contribution in [2.75, 3.05) is 6.61 Å². The first-order valence-electron chi connectivity index (χ1n) is 7.09. The van der Waals surface area contributed by atoms with Crippen molar-refractivity contribution in [3.63, 3.8) is 0 Å². The second kappa shape index (κ2) is 5.75. The van der Waals surface area contributed by atoms with E-state index < -0.39 is 5.60 Å². The summed E-state index contributed by atoms with van der Waals surface area (Å²) in [5.41, 5.74) is 1.25. The van der Waals surface area contributed by atoms with Crippen molar-refractivity contribution in [1.29, 1.82) is 0 Å². The van der Waals surface area contributed by atoms with Crippen LogP contribution in [0.15, 0.2) is 24.3 Å². The largest absolute Gasteiger partial charge is 0.368 e. The maximum absolute atomic E-state index is 12.5. The molecule has 0 saturated carbocycles. The third-order valence-corrected chi connectivity index (χ3v) is 3.93. The number of rotatable bonds is 6. The Balaban J connectivity index is 2.28. The predicted octanol–water partition coefficient (Wildman–Crippen LogP) is 2.89. The van der Waals surface area contributed by atoms with Crippen LogP contribution in [0, 0.1) is 0 Å². The van der Waals surface area contributed by atoms with Gasteiger partial charge in [0.25, 0.3) is 0 Å². The molecule has 1 aromatic carbocycles. The number of benzene rings is 1. The van der Waals surface area contributed by atoms with Crippen LogP contribution in [0.2, 0.25) is 0 Å². The standard InChI is InChI=1S/C16H22N2O2/c1-5-16(3,20-6-2)14(19)11-15-17-12-9-7-8-10-13(12)18(15)4/h7-10H,5-6,11H2,1-4H3. The highest BCUT2D eigenvalue weighted by Crippen LogP contribution is 2.21. The van der Waals surface area contributed by atoms with Crippen molar-refractivity contribution in [3.05, 3.63) is 30.1 Å². The number of aryl methyl sites for hydroxylation is 1. The van der Waals surface area contributed by atoms with Gasteiger partial charge in [0.05, 0.1) is 17.5 Å². The molecule has 4 heteroatoms. The quantitative estimate of drug-likeness (QED) is 0.813. The molecule has 1 atom stereocenters. The SMILES string of the molecule is CCOC(C)(CC)C(=O)Cc1nc2ccccc2n1C. The zero-order chi connectivity index (χ0) is 14.8. The summed E-state index contributed by atoms with van der Waals surface area (Å²) in [6, 6.07) is 7.91. The molecule has 0 aliphatic rings. The van der Waals surface area contributed by atoms with E-state index in [0.29, 0.717) is 19.4 Å². The Morgan fingerprint density at radius 1 is 1.35 bits per heavy atom. The van der Waals surface area contributed by atoms with E-state index in [4.69, 9.17) is 4.74 Å². The molecule has 0 amide bonds. The number of hydrogen-bond donors (Lipinski definition) is 0. The van der Waals surface area contributed by atoms with Crippen LogP contribution in [-0.2, 0) is 23.0 Å². The monoisotopic (exact) mass is 274 g/mol. The van der Waals surface area contributed by atoms with Gasteiger partial charge in [-0.3, -0.25) is 4.79 Å². The van der Waals surface area contributed by atoms with Gasteiger partial charge in [0.2, 0.25) is 0 Å². The number of nitrogens with zero attached hydrogens (tertiary/aromatic N) is 2. The van der Waals surface area contributed by atoms with E-state index in [9.17, 15) is 4.79 Å². The van der Waals surface area contributed by atoms with Gasteiger partial charge in [0.15, 0.2) is 5.78 Å². The van der Waals surface area contributed by atoms with Crippen molar-refractivity contribution >= 4 is 16.8 Å². The van der Waals surface area contributed by atoms with E-state index in [-0.39, 0.29) is 5.78 Å². The van der Waals surface area contributed by atoms with Crippen LogP contribution < -0.4 is 0 Å². The smallest absolute Gasteiger partial charge is 0.171 e. The summed E-state index contributed by atoms with van der Waals surface area (Å²) in [4.78, 5) is 17.1. The Kier molecular flexibility index (Phi) is 4.23. The molecule has 1 aromatic heterocycles. The lowest BCUT2D eigenvalue weighted by atomic mass is 9.95. The van der Waals surface area contributed by atoms with Crippen LogP contribution in [0.1, 0.15) is 33.0 Å². The summed E-state index contributed by atoms with van der Waals surface area (Å²) < 4.78 is 7.62. The molecule has 0 bridgehead atoms. The fraction of sp³-hybridized carbons (Fsp3) is 0.500. The number of fused-ring (bicyclic) bond motifs is 1. The molecule has 0 fully saturated rings. The highest BCUT2D eigenvalue weighted by Gasteiger charge is 2.32.